The molecule has 0 aliphatic rings. The number of nitrogens with zero attached hydrogens (tertiary/aromatic N) is 3. The van der Waals surface area contributed by atoms with Gasteiger partial charge in [-0.15, -0.1) is 0 Å². The number of aromatic nitrogens is 2. The van der Waals surface area contributed by atoms with Crippen molar-refractivity contribution < 1.29 is 0 Å². The Morgan fingerprint density at radius 1 is 1.24 bits per heavy atom. The van der Waals surface area contributed by atoms with E-state index in [2.05, 4.69) is 41.2 Å². The summed E-state index contributed by atoms with van der Waals surface area (Å²) in [5.74, 6) is 0.825. The molecule has 0 saturated heterocycles. The van der Waals surface area contributed by atoms with E-state index in [1.54, 1.807) is 6.07 Å². The summed E-state index contributed by atoms with van der Waals surface area (Å²) in [4.78, 5) is 10.1. The van der Waals surface area contributed by atoms with Crippen LogP contribution in [0.25, 0.3) is 0 Å². The van der Waals surface area contributed by atoms with Crippen LogP contribution in [-0.2, 0) is 6.54 Å². The second kappa shape index (κ2) is 5.15. The van der Waals surface area contributed by atoms with Gasteiger partial charge in [0.2, 0.25) is 0 Å². The fraction of sp³-hybridized carbons (Fsp3) is 0.231. The van der Waals surface area contributed by atoms with Gasteiger partial charge in [0.15, 0.2) is 0 Å². The molecule has 0 aliphatic carbocycles. The van der Waals surface area contributed by atoms with E-state index in [1.165, 1.54) is 17.5 Å². The third-order valence-electron chi connectivity index (χ3n) is 2.51. The Labute approximate surface area is 106 Å². The van der Waals surface area contributed by atoms with Crippen molar-refractivity contribution in [3.8, 4) is 0 Å². The fourth-order valence-corrected chi connectivity index (χ4v) is 1.84. The second-order valence-corrected chi connectivity index (χ2v) is 4.43. The zero-order valence-electron chi connectivity index (χ0n) is 9.89. The SMILES string of the molecule is Cc1cccc(CN(C)c2cc(Cl)ncn2)c1. The third-order valence-corrected chi connectivity index (χ3v) is 2.72. The summed E-state index contributed by atoms with van der Waals surface area (Å²) in [7, 11) is 1.99. The summed E-state index contributed by atoms with van der Waals surface area (Å²) < 4.78 is 0. The maximum Gasteiger partial charge on any atom is 0.134 e. The van der Waals surface area contributed by atoms with E-state index >= 15 is 0 Å². The summed E-state index contributed by atoms with van der Waals surface area (Å²) in [5, 5.41) is 0.464. The monoisotopic (exact) mass is 247 g/mol. The molecule has 0 spiro atoms. The van der Waals surface area contributed by atoms with Crippen LogP contribution in [0.2, 0.25) is 5.15 Å². The van der Waals surface area contributed by atoms with E-state index in [0.717, 1.165) is 12.4 Å². The molecule has 2 rings (SSSR count). The Bertz CT molecular complexity index is 514. The Morgan fingerprint density at radius 2 is 2.06 bits per heavy atom. The van der Waals surface area contributed by atoms with E-state index < -0.39 is 0 Å². The number of aryl methyl sites for hydroxylation is 1. The van der Waals surface area contributed by atoms with Crippen molar-refractivity contribution >= 4 is 17.4 Å². The van der Waals surface area contributed by atoms with Gasteiger partial charge in [-0.05, 0) is 12.5 Å². The van der Waals surface area contributed by atoms with E-state index in [0.29, 0.717) is 5.15 Å². The quantitative estimate of drug-likeness (QED) is 0.781. The molecule has 0 amide bonds. The van der Waals surface area contributed by atoms with Crippen molar-refractivity contribution in [3.05, 3.63) is 52.9 Å². The van der Waals surface area contributed by atoms with Gasteiger partial charge < -0.3 is 4.90 Å². The first-order valence-electron chi connectivity index (χ1n) is 5.39. The smallest absolute Gasteiger partial charge is 0.134 e. The van der Waals surface area contributed by atoms with Crippen molar-refractivity contribution in [2.24, 2.45) is 0 Å². The second-order valence-electron chi connectivity index (χ2n) is 4.04. The van der Waals surface area contributed by atoms with Crippen molar-refractivity contribution in [3.63, 3.8) is 0 Å². The molecule has 0 saturated carbocycles. The highest BCUT2D eigenvalue weighted by atomic mass is 35.5. The Balaban J connectivity index is 2.14. The number of rotatable bonds is 3. The molecule has 3 nitrogen and oxygen atoms in total. The lowest BCUT2D eigenvalue weighted by Crippen LogP contribution is -2.17. The average molecular weight is 248 g/mol. The summed E-state index contributed by atoms with van der Waals surface area (Å²) in [6.07, 6.45) is 1.48. The molecule has 0 bridgehead atoms. The van der Waals surface area contributed by atoms with Crippen LogP contribution >= 0.6 is 11.6 Å². The Kier molecular flexibility index (Phi) is 3.59. The first-order chi connectivity index (χ1) is 8.15. The molecule has 0 fully saturated rings. The highest BCUT2D eigenvalue weighted by Crippen LogP contribution is 2.15. The number of benzene rings is 1. The summed E-state index contributed by atoms with van der Waals surface area (Å²) >= 11 is 5.84. The molecule has 0 N–H and O–H groups in total. The first-order valence-corrected chi connectivity index (χ1v) is 5.77. The van der Waals surface area contributed by atoms with Crippen molar-refractivity contribution in [2.45, 2.75) is 13.5 Å². The van der Waals surface area contributed by atoms with Crippen molar-refractivity contribution in [1.82, 2.24) is 9.97 Å². The minimum Gasteiger partial charge on any atom is -0.355 e. The number of halogens is 1. The molecule has 1 heterocycles. The normalized spacial score (nSPS) is 10.3. The van der Waals surface area contributed by atoms with Gasteiger partial charge in [-0.2, -0.15) is 0 Å². The molecule has 0 atom stereocenters. The van der Waals surface area contributed by atoms with E-state index in [1.807, 2.05) is 11.9 Å². The van der Waals surface area contributed by atoms with Gasteiger partial charge in [0.25, 0.3) is 0 Å². The Morgan fingerprint density at radius 3 is 2.76 bits per heavy atom. The molecule has 0 aliphatic heterocycles. The fourth-order valence-electron chi connectivity index (χ4n) is 1.70. The molecule has 4 heteroatoms. The minimum absolute atomic E-state index is 0.464. The lowest BCUT2D eigenvalue weighted by molar-refractivity contribution is 0.890. The highest BCUT2D eigenvalue weighted by molar-refractivity contribution is 6.29. The topological polar surface area (TPSA) is 29.0 Å². The molecule has 0 unspecified atom stereocenters. The predicted molar refractivity (Wildman–Crippen MR) is 70.3 cm³/mol. The van der Waals surface area contributed by atoms with Gasteiger partial charge in [0, 0.05) is 19.7 Å². The van der Waals surface area contributed by atoms with Gasteiger partial charge in [-0.1, -0.05) is 41.4 Å². The molecule has 2 aromatic rings. The molecule has 1 aromatic carbocycles. The maximum atomic E-state index is 5.84. The first kappa shape index (κ1) is 11.9. The predicted octanol–water partition coefficient (Wildman–Crippen LogP) is 3.07. The van der Waals surface area contributed by atoms with Gasteiger partial charge in [0.1, 0.15) is 17.3 Å². The van der Waals surface area contributed by atoms with Crippen LogP contribution in [0.5, 0.6) is 0 Å². The summed E-state index contributed by atoms with van der Waals surface area (Å²) in [6.45, 7) is 2.89. The molecule has 88 valence electrons. The van der Waals surface area contributed by atoms with Gasteiger partial charge in [-0.3, -0.25) is 0 Å². The number of hydrogen-bond acceptors (Lipinski definition) is 3. The van der Waals surface area contributed by atoms with Crippen LogP contribution in [0.3, 0.4) is 0 Å². The van der Waals surface area contributed by atoms with Crippen molar-refractivity contribution in [1.29, 1.82) is 0 Å². The van der Waals surface area contributed by atoms with Crippen LogP contribution in [0.15, 0.2) is 36.7 Å². The Hall–Kier alpha value is -1.61. The lowest BCUT2D eigenvalue weighted by atomic mass is 10.1. The average Bonchev–Trinajstić information content (AvgIpc) is 2.29. The van der Waals surface area contributed by atoms with Crippen LogP contribution in [0.4, 0.5) is 5.82 Å². The van der Waals surface area contributed by atoms with Gasteiger partial charge >= 0.3 is 0 Å². The van der Waals surface area contributed by atoms with E-state index in [4.69, 9.17) is 11.6 Å². The highest BCUT2D eigenvalue weighted by Gasteiger charge is 2.04. The molecular formula is C13H14ClN3. The van der Waals surface area contributed by atoms with Crippen molar-refractivity contribution in [2.75, 3.05) is 11.9 Å². The summed E-state index contributed by atoms with van der Waals surface area (Å²) in [5.41, 5.74) is 2.51. The van der Waals surface area contributed by atoms with Gasteiger partial charge in [-0.25, -0.2) is 9.97 Å². The minimum atomic E-state index is 0.464. The van der Waals surface area contributed by atoms with E-state index in [9.17, 15) is 0 Å². The van der Waals surface area contributed by atoms with Crippen LogP contribution in [0, 0.1) is 6.92 Å². The van der Waals surface area contributed by atoms with E-state index in [-0.39, 0.29) is 0 Å². The molecule has 0 radical (unpaired) electrons. The number of anilines is 1. The zero-order valence-corrected chi connectivity index (χ0v) is 10.6. The maximum absolute atomic E-state index is 5.84. The zero-order chi connectivity index (χ0) is 12.3. The molecular weight excluding hydrogens is 234 g/mol. The lowest BCUT2D eigenvalue weighted by Gasteiger charge is -2.18. The third kappa shape index (κ3) is 3.17. The molecule has 17 heavy (non-hydrogen) atoms. The molecule has 1 aromatic heterocycles. The standard InChI is InChI=1S/C13H14ClN3/c1-10-4-3-5-11(6-10)8-17(2)13-7-12(14)15-9-16-13/h3-7,9H,8H2,1-2H3. The largest absolute Gasteiger partial charge is 0.355 e. The van der Waals surface area contributed by atoms with Crippen LogP contribution < -0.4 is 4.90 Å². The summed E-state index contributed by atoms with van der Waals surface area (Å²) in [6, 6.07) is 10.2. The van der Waals surface area contributed by atoms with Gasteiger partial charge in [0.05, 0.1) is 0 Å². The van der Waals surface area contributed by atoms with Crippen LogP contribution in [0.1, 0.15) is 11.1 Å². The number of hydrogen-bond donors (Lipinski definition) is 0. The van der Waals surface area contributed by atoms with Crippen LogP contribution in [-0.4, -0.2) is 17.0 Å².